The summed E-state index contributed by atoms with van der Waals surface area (Å²) in [6, 6.07) is 8.78. The Kier molecular flexibility index (Phi) is 6.76. The van der Waals surface area contributed by atoms with E-state index in [-0.39, 0.29) is 12.8 Å². The van der Waals surface area contributed by atoms with Gasteiger partial charge in [0, 0.05) is 0 Å². The summed E-state index contributed by atoms with van der Waals surface area (Å²) >= 11 is 0. The zero-order valence-corrected chi connectivity index (χ0v) is 13.0. The van der Waals surface area contributed by atoms with Gasteiger partial charge in [-0.3, -0.25) is 4.52 Å². The summed E-state index contributed by atoms with van der Waals surface area (Å²) < 4.78 is 28.3. The summed E-state index contributed by atoms with van der Waals surface area (Å²) in [5, 5.41) is 0. The molecule has 20 heavy (non-hydrogen) atoms. The standard InChI is InChI=1S/C14H21O5P/c1-4-11-20(16,18-12(3)14(15)17-5-2)19-13-9-7-6-8-10-13/h6-10,12H,4-5,11H2,1-3H3/t12-,20?/m0/s1. The fourth-order valence-corrected chi connectivity index (χ4v) is 3.38. The predicted molar refractivity (Wildman–Crippen MR) is 77.0 cm³/mol. The summed E-state index contributed by atoms with van der Waals surface area (Å²) in [6.07, 6.45) is -0.0540. The van der Waals surface area contributed by atoms with E-state index >= 15 is 0 Å². The molecule has 1 rings (SSSR count). The van der Waals surface area contributed by atoms with Crippen LogP contribution in [0, 0.1) is 0 Å². The minimum Gasteiger partial charge on any atom is -0.464 e. The number of hydrogen-bond donors (Lipinski definition) is 0. The van der Waals surface area contributed by atoms with Crippen LogP contribution >= 0.6 is 7.60 Å². The number of rotatable bonds is 8. The van der Waals surface area contributed by atoms with Gasteiger partial charge in [-0.15, -0.1) is 0 Å². The number of benzene rings is 1. The Bertz CT molecular complexity index is 460. The fraction of sp³-hybridized carbons (Fsp3) is 0.500. The highest BCUT2D eigenvalue weighted by atomic mass is 31.2. The van der Waals surface area contributed by atoms with Crippen LogP contribution in [0.5, 0.6) is 5.75 Å². The molecule has 0 fully saturated rings. The van der Waals surface area contributed by atoms with Crippen molar-refractivity contribution in [1.29, 1.82) is 0 Å². The maximum Gasteiger partial charge on any atom is 0.379 e. The van der Waals surface area contributed by atoms with Crippen molar-refractivity contribution < 1.29 is 23.1 Å². The second-order valence-electron chi connectivity index (χ2n) is 4.24. The largest absolute Gasteiger partial charge is 0.464 e. The van der Waals surface area contributed by atoms with Crippen LogP contribution in [0.25, 0.3) is 0 Å². The Morgan fingerprint density at radius 1 is 1.25 bits per heavy atom. The summed E-state index contributed by atoms with van der Waals surface area (Å²) in [5.74, 6) is -0.0826. The Hall–Kier alpha value is -1.32. The summed E-state index contributed by atoms with van der Waals surface area (Å²) in [5.41, 5.74) is 0. The van der Waals surface area contributed by atoms with E-state index in [1.54, 1.807) is 31.2 Å². The number of carbonyl (C=O) groups excluding carboxylic acids is 1. The van der Waals surface area contributed by atoms with E-state index in [1.807, 2.05) is 13.0 Å². The molecule has 112 valence electrons. The molecule has 0 saturated heterocycles. The van der Waals surface area contributed by atoms with Crippen LogP contribution in [0.15, 0.2) is 30.3 Å². The highest BCUT2D eigenvalue weighted by molar-refractivity contribution is 7.54. The maximum absolute atomic E-state index is 12.6. The molecule has 0 saturated carbocycles. The molecule has 1 aromatic rings. The van der Waals surface area contributed by atoms with Gasteiger partial charge in [0.1, 0.15) is 5.75 Å². The maximum atomic E-state index is 12.6. The average molecular weight is 300 g/mol. The molecule has 1 aromatic carbocycles. The molecule has 0 radical (unpaired) electrons. The fourth-order valence-electron chi connectivity index (χ4n) is 1.58. The minimum absolute atomic E-state index is 0.242. The first kappa shape index (κ1) is 16.7. The van der Waals surface area contributed by atoms with E-state index in [9.17, 15) is 9.36 Å². The molecule has 0 spiro atoms. The lowest BCUT2D eigenvalue weighted by Gasteiger charge is -2.21. The van der Waals surface area contributed by atoms with E-state index in [4.69, 9.17) is 13.8 Å². The first-order chi connectivity index (χ1) is 9.50. The third-order valence-electron chi connectivity index (χ3n) is 2.42. The van der Waals surface area contributed by atoms with E-state index in [1.165, 1.54) is 6.92 Å². The normalized spacial score (nSPS) is 15.2. The van der Waals surface area contributed by atoms with Gasteiger partial charge in [-0.2, -0.15) is 0 Å². The van der Waals surface area contributed by atoms with Crippen molar-refractivity contribution in [3.05, 3.63) is 30.3 Å². The number of para-hydroxylation sites is 1. The predicted octanol–water partition coefficient (Wildman–Crippen LogP) is 3.64. The zero-order valence-electron chi connectivity index (χ0n) is 12.1. The van der Waals surface area contributed by atoms with Crippen molar-refractivity contribution in [1.82, 2.24) is 0 Å². The van der Waals surface area contributed by atoms with E-state index in [2.05, 4.69) is 0 Å². The van der Waals surface area contributed by atoms with Crippen molar-refractivity contribution in [3.63, 3.8) is 0 Å². The number of hydrogen-bond acceptors (Lipinski definition) is 5. The Balaban J connectivity index is 2.76. The van der Waals surface area contributed by atoms with E-state index in [0.29, 0.717) is 12.2 Å². The van der Waals surface area contributed by atoms with Crippen LogP contribution in [0.1, 0.15) is 27.2 Å². The molecule has 1 unspecified atom stereocenters. The molecule has 0 aliphatic rings. The Morgan fingerprint density at radius 2 is 1.90 bits per heavy atom. The summed E-state index contributed by atoms with van der Waals surface area (Å²) in [6.45, 7) is 5.34. The first-order valence-electron chi connectivity index (χ1n) is 6.69. The molecule has 5 nitrogen and oxygen atoms in total. The second kappa shape index (κ2) is 8.08. The lowest BCUT2D eigenvalue weighted by Crippen LogP contribution is -2.23. The van der Waals surface area contributed by atoms with Crippen molar-refractivity contribution >= 4 is 13.6 Å². The number of esters is 1. The highest BCUT2D eigenvalue weighted by Gasteiger charge is 2.31. The quantitative estimate of drug-likeness (QED) is 0.542. The summed E-state index contributed by atoms with van der Waals surface area (Å²) in [4.78, 5) is 11.6. The van der Waals surface area contributed by atoms with Crippen LogP contribution in [0.3, 0.4) is 0 Å². The number of ether oxygens (including phenoxy) is 1. The van der Waals surface area contributed by atoms with Crippen LogP contribution in [0.2, 0.25) is 0 Å². The van der Waals surface area contributed by atoms with Crippen molar-refractivity contribution in [2.45, 2.75) is 33.3 Å². The molecule has 0 heterocycles. The van der Waals surface area contributed by atoms with Gasteiger partial charge in [0.05, 0.1) is 12.8 Å². The molecular weight excluding hydrogens is 279 g/mol. The topological polar surface area (TPSA) is 61.8 Å². The van der Waals surface area contributed by atoms with Gasteiger partial charge in [-0.05, 0) is 32.4 Å². The Labute approximate surface area is 119 Å². The van der Waals surface area contributed by atoms with Crippen LogP contribution < -0.4 is 4.52 Å². The molecule has 6 heteroatoms. The van der Waals surface area contributed by atoms with Gasteiger partial charge in [0.2, 0.25) is 0 Å². The molecular formula is C14H21O5P. The second-order valence-corrected chi connectivity index (χ2v) is 6.30. The highest BCUT2D eigenvalue weighted by Crippen LogP contribution is 2.49. The lowest BCUT2D eigenvalue weighted by molar-refractivity contribution is -0.150. The van der Waals surface area contributed by atoms with Crippen molar-refractivity contribution in [2.75, 3.05) is 12.8 Å². The van der Waals surface area contributed by atoms with Gasteiger partial charge in [-0.25, -0.2) is 9.36 Å². The molecule has 0 amide bonds. The molecule has 0 N–H and O–H groups in total. The van der Waals surface area contributed by atoms with Gasteiger partial charge < -0.3 is 9.26 Å². The SMILES string of the molecule is CCCP(=O)(Oc1ccccc1)O[C@@H](C)C(=O)OCC. The third kappa shape index (κ3) is 5.35. The lowest BCUT2D eigenvalue weighted by atomic mass is 10.3. The van der Waals surface area contributed by atoms with Gasteiger partial charge >= 0.3 is 13.6 Å². The molecule has 0 bridgehead atoms. The van der Waals surface area contributed by atoms with Crippen LogP contribution in [-0.4, -0.2) is 24.8 Å². The van der Waals surface area contributed by atoms with Crippen molar-refractivity contribution in [3.8, 4) is 5.75 Å². The average Bonchev–Trinajstić information content (AvgIpc) is 2.40. The minimum atomic E-state index is -3.38. The van der Waals surface area contributed by atoms with Crippen molar-refractivity contribution in [2.24, 2.45) is 0 Å². The van der Waals surface area contributed by atoms with E-state index in [0.717, 1.165) is 0 Å². The first-order valence-corrected chi connectivity index (χ1v) is 8.42. The van der Waals surface area contributed by atoms with Gasteiger partial charge in [0.15, 0.2) is 6.10 Å². The molecule has 0 aliphatic heterocycles. The van der Waals surface area contributed by atoms with Crippen LogP contribution in [0.4, 0.5) is 0 Å². The van der Waals surface area contributed by atoms with E-state index < -0.39 is 19.7 Å². The summed E-state index contributed by atoms with van der Waals surface area (Å²) in [7, 11) is -3.38. The number of carbonyl (C=O) groups is 1. The molecule has 0 aromatic heterocycles. The molecule has 2 atom stereocenters. The monoisotopic (exact) mass is 300 g/mol. The Morgan fingerprint density at radius 3 is 2.45 bits per heavy atom. The third-order valence-corrected chi connectivity index (χ3v) is 4.54. The van der Waals surface area contributed by atoms with Gasteiger partial charge in [0.25, 0.3) is 0 Å². The zero-order chi connectivity index (χ0) is 15.0. The molecule has 0 aliphatic carbocycles. The van der Waals surface area contributed by atoms with Gasteiger partial charge in [-0.1, -0.05) is 25.1 Å². The van der Waals surface area contributed by atoms with Crippen LogP contribution in [-0.2, 0) is 18.6 Å². The smallest absolute Gasteiger partial charge is 0.379 e.